The third-order valence-electron chi connectivity index (χ3n) is 3.67. The predicted octanol–water partition coefficient (Wildman–Crippen LogP) is 3.39. The average molecular weight is 251 g/mol. The first-order chi connectivity index (χ1) is 8.24. The molecule has 0 amide bonds. The minimum absolute atomic E-state index is 0.568. The van der Waals surface area contributed by atoms with E-state index in [1.54, 1.807) is 0 Å². The molecule has 0 aromatic carbocycles. The molecule has 3 rings (SSSR count). The number of aromatic nitrogens is 3. The Hall–Kier alpha value is -1.09. The summed E-state index contributed by atoms with van der Waals surface area (Å²) in [7, 11) is 0. The van der Waals surface area contributed by atoms with Crippen molar-refractivity contribution in [2.45, 2.75) is 44.9 Å². The molecule has 90 valence electrons. The summed E-state index contributed by atoms with van der Waals surface area (Å²) >= 11 is 6.15. The lowest BCUT2D eigenvalue weighted by atomic mass is 9.87. The van der Waals surface area contributed by atoms with Crippen molar-refractivity contribution in [2.75, 3.05) is 0 Å². The van der Waals surface area contributed by atoms with Crippen molar-refractivity contribution < 1.29 is 4.98 Å². The molecule has 0 radical (unpaired) electrons. The maximum Gasteiger partial charge on any atom is 0.295 e. The van der Waals surface area contributed by atoms with Crippen LogP contribution < -0.4 is 4.98 Å². The van der Waals surface area contributed by atoms with E-state index in [2.05, 4.69) is 21.0 Å². The number of aromatic amines is 2. The van der Waals surface area contributed by atoms with Crippen molar-refractivity contribution in [3.8, 4) is 0 Å². The smallest absolute Gasteiger partial charge is 0.295 e. The Bertz CT molecular complexity index is 541. The molecular formula is C13H17ClN3+. The van der Waals surface area contributed by atoms with E-state index >= 15 is 0 Å². The van der Waals surface area contributed by atoms with Crippen molar-refractivity contribution >= 4 is 22.6 Å². The second-order valence-corrected chi connectivity index (χ2v) is 5.32. The second-order valence-electron chi connectivity index (χ2n) is 4.96. The highest BCUT2D eigenvalue weighted by Crippen LogP contribution is 2.33. The summed E-state index contributed by atoms with van der Waals surface area (Å²) in [4.78, 5) is 10.9. The molecule has 1 saturated carbocycles. The fourth-order valence-corrected chi connectivity index (χ4v) is 3.07. The fourth-order valence-electron chi connectivity index (χ4n) is 2.80. The number of fused-ring (bicyclic) bond motifs is 1. The topological polar surface area (TPSA) is 42.8 Å². The van der Waals surface area contributed by atoms with Crippen LogP contribution in [0.5, 0.6) is 0 Å². The first-order valence-electron chi connectivity index (χ1n) is 6.32. The lowest BCUT2D eigenvalue weighted by molar-refractivity contribution is -0.360. The summed E-state index contributed by atoms with van der Waals surface area (Å²) < 4.78 is 0. The van der Waals surface area contributed by atoms with Crippen molar-refractivity contribution in [1.82, 2.24) is 9.97 Å². The molecule has 2 aromatic heterocycles. The van der Waals surface area contributed by atoms with E-state index < -0.39 is 0 Å². The van der Waals surface area contributed by atoms with Gasteiger partial charge in [-0.2, -0.15) is 0 Å². The molecule has 0 atom stereocenters. The van der Waals surface area contributed by atoms with Gasteiger partial charge in [0, 0.05) is 18.7 Å². The van der Waals surface area contributed by atoms with Gasteiger partial charge in [0.1, 0.15) is 0 Å². The highest BCUT2D eigenvalue weighted by Gasteiger charge is 2.20. The molecule has 17 heavy (non-hydrogen) atoms. The summed E-state index contributed by atoms with van der Waals surface area (Å²) in [6.45, 7) is 1.93. The Balaban J connectivity index is 2.03. The lowest BCUT2D eigenvalue weighted by Gasteiger charge is -2.19. The van der Waals surface area contributed by atoms with Gasteiger partial charge in [-0.1, -0.05) is 19.3 Å². The zero-order valence-electron chi connectivity index (χ0n) is 10.0. The van der Waals surface area contributed by atoms with E-state index in [9.17, 15) is 0 Å². The van der Waals surface area contributed by atoms with Gasteiger partial charge >= 0.3 is 0 Å². The standard InChI is InChI=1S/C13H16ClN3/c1-8-15-11-7-10(9-5-3-2-4-6-9)17-12(11)13(14)16-8/h7,9,17H,2-6H2,1H3/p+1. The van der Waals surface area contributed by atoms with Crippen LogP contribution in [-0.4, -0.2) is 9.97 Å². The molecule has 1 fully saturated rings. The van der Waals surface area contributed by atoms with Crippen molar-refractivity contribution in [2.24, 2.45) is 0 Å². The molecule has 1 aliphatic rings. The third-order valence-corrected chi connectivity index (χ3v) is 3.94. The summed E-state index contributed by atoms with van der Waals surface area (Å²) in [6, 6.07) is 2.20. The van der Waals surface area contributed by atoms with E-state index in [1.807, 2.05) is 6.92 Å². The van der Waals surface area contributed by atoms with Crippen LogP contribution in [0.3, 0.4) is 0 Å². The maximum absolute atomic E-state index is 6.15. The van der Waals surface area contributed by atoms with Gasteiger partial charge in [0.15, 0.2) is 11.0 Å². The van der Waals surface area contributed by atoms with Crippen LogP contribution in [0.1, 0.15) is 49.5 Å². The highest BCUT2D eigenvalue weighted by atomic mass is 35.5. The molecule has 0 aliphatic heterocycles. The summed E-state index contributed by atoms with van der Waals surface area (Å²) in [6.07, 6.45) is 6.64. The number of nitrogens with zero attached hydrogens (tertiary/aromatic N) is 1. The van der Waals surface area contributed by atoms with Crippen LogP contribution in [0.15, 0.2) is 6.07 Å². The highest BCUT2D eigenvalue weighted by molar-refractivity contribution is 6.33. The first kappa shape index (κ1) is 11.0. The van der Waals surface area contributed by atoms with Gasteiger partial charge in [-0.05, 0) is 35.3 Å². The van der Waals surface area contributed by atoms with Crippen LogP contribution in [0.25, 0.3) is 11.0 Å². The van der Waals surface area contributed by atoms with E-state index in [-0.39, 0.29) is 0 Å². The normalized spacial score (nSPS) is 17.8. The molecule has 0 saturated heterocycles. The SMILES string of the molecule is Cc1nc(Cl)c2[nH]c(C3CCCCC3)cc2[nH+]1. The Kier molecular flexibility index (Phi) is 2.79. The van der Waals surface area contributed by atoms with Gasteiger partial charge in [0.2, 0.25) is 0 Å². The molecule has 2 aromatic rings. The Morgan fingerprint density at radius 1 is 1.35 bits per heavy atom. The quantitative estimate of drug-likeness (QED) is 0.775. The largest absolute Gasteiger partial charge is 0.351 e. The third kappa shape index (κ3) is 2.04. The monoisotopic (exact) mass is 250 g/mol. The number of hydrogen-bond donors (Lipinski definition) is 1. The zero-order chi connectivity index (χ0) is 11.8. The molecule has 2 N–H and O–H groups in total. The first-order valence-corrected chi connectivity index (χ1v) is 6.70. The molecule has 0 unspecified atom stereocenters. The van der Waals surface area contributed by atoms with Gasteiger partial charge in [-0.15, -0.1) is 0 Å². The Morgan fingerprint density at radius 3 is 2.88 bits per heavy atom. The van der Waals surface area contributed by atoms with Gasteiger partial charge in [0.05, 0.1) is 0 Å². The van der Waals surface area contributed by atoms with E-state index in [4.69, 9.17) is 11.6 Å². The van der Waals surface area contributed by atoms with Crippen LogP contribution in [0, 0.1) is 6.92 Å². The predicted molar refractivity (Wildman–Crippen MR) is 68.2 cm³/mol. The number of rotatable bonds is 1. The zero-order valence-corrected chi connectivity index (χ0v) is 10.8. The fraction of sp³-hybridized carbons (Fsp3) is 0.538. The van der Waals surface area contributed by atoms with Crippen molar-refractivity contribution in [3.05, 3.63) is 22.7 Å². The number of H-pyrrole nitrogens is 2. The van der Waals surface area contributed by atoms with Crippen LogP contribution >= 0.6 is 11.6 Å². The molecule has 4 heteroatoms. The van der Waals surface area contributed by atoms with Crippen molar-refractivity contribution in [1.29, 1.82) is 0 Å². The maximum atomic E-state index is 6.15. The Labute approximate surface area is 106 Å². The molecule has 2 heterocycles. The minimum atomic E-state index is 0.568. The van der Waals surface area contributed by atoms with Gasteiger partial charge in [-0.25, -0.2) is 4.98 Å². The van der Waals surface area contributed by atoms with Gasteiger partial charge < -0.3 is 4.98 Å². The average Bonchev–Trinajstić information content (AvgIpc) is 2.74. The van der Waals surface area contributed by atoms with Crippen LogP contribution in [-0.2, 0) is 0 Å². The number of nitrogens with one attached hydrogen (secondary N) is 2. The van der Waals surface area contributed by atoms with E-state index in [0.717, 1.165) is 16.9 Å². The summed E-state index contributed by atoms with van der Waals surface area (Å²) in [5, 5.41) is 0.568. The number of aryl methyl sites for hydroxylation is 1. The summed E-state index contributed by atoms with van der Waals surface area (Å²) in [5.41, 5.74) is 3.33. The Morgan fingerprint density at radius 2 is 2.12 bits per heavy atom. The van der Waals surface area contributed by atoms with Crippen LogP contribution in [0.4, 0.5) is 0 Å². The van der Waals surface area contributed by atoms with Gasteiger partial charge in [-0.3, -0.25) is 0 Å². The van der Waals surface area contributed by atoms with Crippen LogP contribution in [0.2, 0.25) is 5.15 Å². The molecule has 3 nitrogen and oxygen atoms in total. The molecule has 1 aliphatic carbocycles. The van der Waals surface area contributed by atoms with E-state index in [1.165, 1.54) is 37.8 Å². The number of halogens is 1. The summed E-state index contributed by atoms with van der Waals surface area (Å²) in [5.74, 6) is 1.53. The number of hydrogen-bond acceptors (Lipinski definition) is 1. The molecule has 0 spiro atoms. The van der Waals surface area contributed by atoms with Crippen molar-refractivity contribution in [3.63, 3.8) is 0 Å². The van der Waals surface area contributed by atoms with E-state index in [0.29, 0.717) is 11.1 Å². The lowest BCUT2D eigenvalue weighted by Crippen LogP contribution is -2.10. The second kappa shape index (κ2) is 4.30. The molecular weight excluding hydrogens is 234 g/mol. The molecule has 0 bridgehead atoms. The van der Waals surface area contributed by atoms with Gasteiger partial charge in [0.25, 0.3) is 11.0 Å². The minimum Gasteiger partial charge on any atom is -0.351 e.